The molecule has 0 rings (SSSR count). The molecule has 2 unspecified atom stereocenters. The lowest BCUT2D eigenvalue weighted by atomic mass is 10.0. The average Bonchev–Trinajstić information content (AvgIpc) is 3.18. The number of carbonyl (C=O) groups excluding carboxylic acids is 1. The minimum absolute atomic E-state index is 0.0278. The number of hydrogen-bond donors (Lipinski definition) is 0. The van der Waals surface area contributed by atoms with E-state index in [0.717, 1.165) is 38.5 Å². The molecule has 0 saturated carbocycles. The molecular formula is C49H96NO7P. The average molecular weight is 842 g/mol. The van der Waals surface area contributed by atoms with Crippen molar-refractivity contribution in [2.75, 3.05) is 54.1 Å². The van der Waals surface area contributed by atoms with E-state index in [-0.39, 0.29) is 25.8 Å². The van der Waals surface area contributed by atoms with Crippen molar-refractivity contribution in [3.63, 3.8) is 0 Å². The van der Waals surface area contributed by atoms with Crippen LogP contribution in [0.1, 0.15) is 226 Å². The molecule has 8 nitrogen and oxygen atoms in total. The number of phosphoric ester groups is 1. The van der Waals surface area contributed by atoms with Gasteiger partial charge in [-0.25, -0.2) is 0 Å². The van der Waals surface area contributed by atoms with Crippen LogP contribution in [0, 0.1) is 0 Å². The quantitative estimate of drug-likeness (QED) is 0.0198. The van der Waals surface area contributed by atoms with Gasteiger partial charge >= 0.3 is 5.97 Å². The molecule has 0 aromatic carbocycles. The number of ether oxygens (including phenoxy) is 2. The standard InChI is InChI=1S/C49H96NO7P/c1-6-8-10-12-14-16-18-20-22-24-25-26-27-29-31-33-35-37-39-41-44-54-46-48(47-56-58(52,53)55-45-43-50(3,4)5)57-49(51)42-40-38-36-34-32-30-28-23-21-19-17-15-13-11-9-7-2/h14,16,20,22,48H,6-13,15,17-19,21,23-47H2,1-5H3/b16-14-,22-20-. The first-order valence-electron chi connectivity index (χ1n) is 24.6. The SMILES string of the molecule is CCCCC/C=C\C/C=C\CCCCCCCCCCCCOCC(COP(=O)([O-])OCC[N+](C)(C)C)OC(=O)CCCCCCCCCCCCCCCCCC. The first-order valence-corrected chi connectivity index (χ1v) is 26.0. The minimum Gasteiger partial charge on any atom is -0.756 e. The molecule has 0 amide bonds. The zero-order valence-corrected chi connectivity index (χ0v) is 39.9. The Bertz CT molecular complexity index is 983. The number of phosphoric acid groups is 1. The van der Waals surface area contributed by atoms with Gasteiger partial charge < -0.3 is 27.9 Å². The van der Waals surface area contributed by atoms with Crippen LogP contribution in [-0.2, 0) is 27.9 Å². The van der Waals surface area contributed by atoms with Gasteiger partial charge in [0.2, 0.25) is 0 Å². The maximum absolute atomic E-state index is 12.7. The molecule has 0 radical (unpaired) electrons. The van der Waals surface area contributed by atoms with Crippen LogP contribution in [0.2, 0.25) is 0 Å². The van der Waals surface area contributed by atoms with Gasteiger partial charge in [-0.3, -0.25) is 9.36 Å². The summed E-state index contributed by atoms with van der Waals surface area (Å²) < 4.78 is 34.7. The third-order valence-electron chi connectivity index (χ3n) is 10.8. The topological polar surface area (TPSA) is 94.1 Å². The number of hydrogen-bond acceptors (Lipinski definition) is 7. The molecule has 0 fully saturated rings. The second-order valence-corrected chi connectivity index (χ2v) is 19.2. The van der Waals surface area contributed by atoms with Gasteiger partial charge in [-0.1, -0.05) is 199 Å². The molecule has 0 saturated heterocycles. The maximum atomic E-state index is 12.7. The Kier molecular flexibility index (Phi) is 41.9. The molecule has 0 bridgehead atoms. The first-order chi connectivity index (χ1) is 28.1. The molecular weight excluding hydrogens is 746 g/mol. The Labute approximate surface area is 360 Å². The van der Waals surface area contributed by atoms with Gasteiger partial charge in [0.1, 0.15) is 19.3 Å². The van der Waals surface area contributed by atoms with E-state index in [2.05, 4.69) is 38.2 Å². The second kappa shape index (κ2) is 42.7. The molecule has 0 heterocycles. The third kappa shape index (κ3) is 46.1. The summed E-state index contributed by atoms with van der Waals surface area (Å²) in [5.41, 5.74) is 0. The van der Waals surface area contributed by atoms with Crippen molar-refractivity contribution in [1.82, 2.24) is 0 Å². The van der Waals surface area contributed by atoms with Crippen LogP contribution >= 0.6 is 7.82 Å². The summed E-state index contributed by atoms with van der Waals surface area (Å²) in [6.07, 6.45) is 49.0. The largest absolute Gasteiger partial charge is 0.756 e. The zero-order chi connectivity index (χ0) is 42.7. The highest BCUT2D eigenvalue weighted by molar-refractivity contribution is 7.45. The lowest BCUT2D eigenvalue weighted by molar-refractivity contribution is -0.870. The number of rotatable bonds is 46. The number of quaternary nitrogens is 1. The van der Waals surface area contributed by atoms with Crippen LogP contribution < -0.4 is 4.89 Å². The number of nitrogens with zero attached hydrogens (tertiary/aromatic N) is 1. The van der Waals surface area contributed by atoms with Gasteiger partial charge in [0.05, 0.1) is 34.4 Å². The van der Waals surface area contributed by atoms with E-state index in [1.165, 1.54) is 167 Å². The fourth-order valence-corrected chi connectivity index (χ4v) is 7.66. The van der Waals surface area contributed by atoms with Gasteiger partial charge in [-0.15, -0.1) is 0 Å². The van der Waals surface area contributed by atoms with Crippen molar-refractivity contribution in [3.05, 3.63) is 24.3 Å². The lowest BCUT2D eigenvalue weighted by Gasteiger charge is -2.28. The second-order valence-electron chi connectivity index (χ2n) is 17.8. The van der Waals surface area contributed by atoms with Crippen molar-refractivity contribution in [3.8, 4) is 0 Å². The fraction of sp³-hybridized carbons (Fsp3) is 0.898. The summed E-state index contributed by atoms with van der Waals surface area (Å²) in [6.45, 7) is 5.42. The number of carbonyl (C=O) groups is 1. The van der Waals surface area contributed by atoms with E-state index in [4.69, 9.17) is 18.5 Å². The molecule has 0 aromatic heterocycles. The molecule has 344 valence electrons. The Morgan fingerprint density at radius 1 is 0.534 bits per heavy atom. The van der Waals surface area contributed by atoms with Gasteiger partial charge in [0, 0.05) is 13.0 Å². The van der Waals surface area contributed by atoms with Crippen LogP contribution in [-0.4, -0.2) is 70.7 Å². The van der Waals surface area contributed by atoms with Gasteiger partial charge in [-0.05, 0) is 44.9 Å². The molecule has 0 aliphatic carbocycles. The van der Waals surface area contributed by atoms with Gasteiger partial charge in [-0.2, -0.15) is 0 Å². The lowest BCUT2D eigenvalue weighted by Crippen LogP contribution is -2.37. The molecule has 58 heavy (non-hydrogen) atoms. The Morgan fingerprint density at radius 2 is 0.948 bits per heavy atom. The van der Waals surface area contributed by atoms with Crippen molar-refractivity contribution in [2.24, 2.45) is 0 Å². The van der Waals surface area contributed by atoms with E-state index in [9.17, 15) is 14.3 Å². The van der Waals surface area contributed by atoms with Gasteiger partial charge in [0.25, 0.3) is 7.82 Å². The summed E-state index contributed by atoms with van der Waals surface area (Å²) in [6, 6.07) is 0. The van der Waals surface area contributed by atoms with Crippen LogP contribution in [0.15, 0.2) is 24.3 Å². The first kappa shape index (κ1) is 57.0. The summed E-state index contributed by atoms with van der Waals surface area (Å²) in [7, 11) is 1.36. The molecule has 0 N–H and O–H groups in total. The summed E-state index contributed by atoms with van der Waals surface area (Å²) in [5.74, 6) is -0.331. The number of unbranched alkanes of at least 4 members (excludes halogenated alkanes) is 28. The summed E-state index contributed by atoms with van der Waals surface area (Å²) >= 11 is 0. The smallest absolute Gasteiger partial charge is 0.306 e. The van der Waals surface area contributed by atoms with Crippen LogP contribution in [0.5, 0.6) is 0 Å². The van der Waals surface area contributed by atoms with Crippen molar-refractivity contribution >= 4 is 13.8 Å². The van der Waals surface area contributed by atoms with Crippen molar-refractivity contribution in [2.45, 2.75) is 232 Å². The van der Waals surface area contributed by atoms with Crippen LogP contribution in [0.3, 0.4) is 0 Å². The highest BCUT2D eigenvalue weighted by atomic mass is 31.2. The molecule has 0 aliphatic rings. The van der Waals surface area contributed by atoms with E-state index in [1.54, 1.807) is 0 Å². The monoisotopic (exact) mass is 842 g/mol. The number of likely N-dealkylation sites (N-methyl/N-ethyl adjacent to an activating group) is 1. The Morgan fingerprint density at radius 3 is 1.43 bits per heavy atom. The molecule has 0 spiro atoms. The van der Waals surface area contributed by atoms with E-state index in [1.807, 2.05) is 21.1 Å². The van der Waals surface area contributed by atoms with Gasteiger partial charge in [0.15, 0.2) is 0 Å². The molecule has 2 atom stereocenters. The number of esters is 1. The predicted molar refractivity (Wildman–Crippen MR) is 245 cm³/mol. The molecule has 0 aromatic rings. The summed E-state index contributed by atoms with van der Waals surface area (Å²) in [5, 5.41) is 0. The number of allylic oxidation sites excluding steroid dienone is 4. The predicted octanol–water partition coefficient (Wildman–Crippen LogP) is 14.1. The van der Waals surface area contributed by atoms with Crippen LogP contribution in [0.25, 0.3) is 0 Å². The summed E-state index contributed by atoms with van der Waals surface area (Å²) in [4.78, 5) is 25.1. The molecule has 0 aliphatic heterocycles. The maximum Gasteiger partial charge on any atom is 0.306 e. The Hall–Kier alpha value is -1.02. The van der Waals surface area contributed by atoms with Crippen molar-refractivity contribution < 1.29 is 37.3 Å². The zero-order valence-electron chi connectivity index (χ0n) is 39.0. The minimum atomic E-state index is -4.52. The third-order valence-corrected chi connectivity index (χ3v) is 11.7. The molecule has 9 heteroatoms. The normalized spacial score (nSPS) is 13.8. The Balaban J connectivity index is 4.14. The van der Waals surface area contributed by atoms with E-state index >= 15 is 0 Å². The highest BCUT2D eigenvalue weighted by Gasteiger charge is 2.20. The van der Waals surface area contributed by atoms with Crippen molar-refractivity contribution in [1.29, 1.82) is 0 Å². The highest BCUT2D eigenvalue weighted by Crippen LogP contribution is 2.38. The van der Waals surface area contributed by atoms with E-state index in [0.29, 0.717) is 24.1 Å². The van der Waals surface area contributed by atoms with E-state index < -0.39 is 13.9 Å². The van der Waals surface area contributed by atoms with Crippen LogP contribution in [0.4, 0.5) is 0 Å². The fourth-order valence-electron chi connectivity index (χ4n) is 6.93.